The number of halogens is 1. The average Bonchev–Trinajstić information content (AvgIpc) is 3.10. The Kier molecular flexibility index (Phi) is 7.06. The van der Waals surface area contributed by atoms with Crippen LogP contribution in [0.25, 0.3) is 11.4 Å². The highest BCUT2D eigenvalue weighted by Crippen LogP contribution is 2.27. The molecular weight excluding hydrogens is 394 g/mol. The Hall–Kier alpha value is -2.38. The number of amides is 1. The summed E-state index contributed by atoms with van der Waals surface area (Å²) < 4.78 is 2.06. The van der Waals surface area contributed by atoms with E-state index in [-0.39, 0.29) is 11.2 Å². The average molecular weight is 416 g/mol. The number of pyridine rings is 1. The fourth-order valence-corrected chi connectivity index (χ4v) is 3.69. The molecule has 1 aromatic carbocycles. The van der Waals surface area contributed by atoms with Crippen molar-refractivity contribution in [1.82, 2.24) is 25.1 Å². The molecule has 0 saturated carbocycles. The summed E-state index contributed by atoms with van der Waals surface area (Å²) in [7, 11) is 0. The molecule has 3 aromatic rings. The normalized spacial score (nSPS) is 12.0. The summed E-state index contributed by atoms with van der Waals surface area (Å²) in [6, 6.07) is 11.3. The maximum absolute atomic E-state index is 12.5. The molecular formula is C20H22ClN5OS. The molecule has 0 fully saturated rings. The molecule has 3 rings (SSSR count). The molecule has 0 spiro atoms. The number of aromatic nitrogens is 4. The van der Waals surface area contributed by atoms with Crippen LogP contribution >= 0.6 is 23.4 Å². The standard InChI is InChI=1S/C20H22ClN5OS/c1-3-12-26-18(16-8-10-22-11-9-16)24-25-20(26)28-14(2)19(27)23-13-15-4-6-17(21)7-5-15/h4-11,14H,3,12-13H2,1-2H3,(H,23,27). The van der Waals surface area contributed by atoms with Gasteiger partial charge in [0.25, 0.3) is 0 Å². The van der Waals surface area contributed by atoms with Crippen molar-refractivity contribution in [2.24, 2.45) is 0 Å². The summed E-state index contributed by atoms with van der Waals surface area (Å²) in [5.41, 5.74) is 1.96. The fraction of sp³-hybridized carbons (Fsp3) is 0.300. The van der Waals surface area contributed by atoms with Gasteiger partial charge in [0, 0.05) is 36.1 Å². The van der Waals surface area contributed by atoms with E-state index in [1.807, 2.05) is 43.3 Å². The Labute approximate surface area is 173 Å². The molecule has 2 heterocycles. The summed E-state index contributed by atoms with van der Waals surface area (Å²) in [4.78, 5) is 16.6. The first-order chi connectivity index (χ1) is 13.6. The SMILES string of the molecule is CCCn1c(SC(C)C(=O)NCc2ccc(Cl)cc2)nnc1-c1ccncc1. The van der Waals surface area contributed by atoms with E-state index in [0.29, 0.717) is 11.6 Å². The highest BCUT2D eigenvalue weighted by atomic mass is 35.5. The molecule has 0 aliphatic rings. The van der Waals surface area contributed by atoms with Gasteiger partial charge in [-0.2, -0.15) is 0 Å². The summed E-state index contributed by atoms with van der Waals surface area (Å²) in [6.07, 6.45) is 4.42. The summed E-state index contributed by atoms with van der Waals surface area (Å²) >= 11 is 7.30. The predicted octanol–water partition coefficient (Wildman–Crippen LogP) is 4.20. The molecule has 0 bridgehead atoms. The lowest BCUT2D eigenvalue weighted by molar-refractivity contribution is -0.120. The van der Waals surface area contributed by atoms with Gasteiger partial charge in [0.05, 0.1) is 5.25 Å². The number of nitrogens with zero attached hydrogens (tertiary/aromatic N) is 4. The first-order valence-electron chi connectivity index (χ1n) is 9.11. The van der Waals surface area contributed by atoms with Crippen LogP contribution in [0.1, 0.15) is 25.8 Å². The van der Waals surface area contributed by atoms with E-state index in [1.165, 1.54) is 11.8 Å². The zero-order valence-electron chi connectivity index (χ0n) is 15.8. The Morgan fingerprint density at radius 3 is 2.57 bits per heavy atom. The van der Waals surface area contributed by atoms with E-state index in [4.69, 9.17) is 11.6 Å². The number of hydrogen-bond acceptors (Lipinski definition) is 5. The van der Waals surface area contributed by atoms with Gasteiger partial charge in [-0.1, -0.05) is 42.4 Å². The van der Waals surface area contributed by atoms with Gasteiger partial charge in [-0.25, -0.2) is 0 Å². The second-order valence-corrected chi connectivity index (χ2v) is 8.04. The first kappa shape index (κ1) is 20.4. The molecule has 28 heavy (non-hydrogen) atoms. The van der Waals surface area contributed by atoms with E-state index < -0.39 is 0 Å². The predicted molar refractivity (Wildman–Crippen MR) is 112 cm³/mol. The van der Waals surface area contributed by atoms with Crippen molar-refractivity contribution in [1.29, 1.82) is 0 Å². The number of nitrogens with one attached hydrogen (secondary N) is 1. The van der Waals surface area contributed by atoms with Gasteiger partial charge in [0.2, 0.25) is 5.91 Å². The van der Waals surface area contributed by atoms with Crippen LogP contribution in [0.3, 0.4) is 0 Å². The lowest BCUT2D eigenvalue weighted by Crippen LogP contribution is -2.30. The molecule has 146 valence electrons. The molecule has 0 radical (unpaired) electrons. The third-order valence-corrected chi connectivity index (χ3v) is 5.47. The van der Waals surface area contributed by atoms with Gasteiger partial charge in [-0.05, 0) is 43.2 Å². The zero-order chi connectivity index (χ0) is 19.9. The number of carbonyl (C=O) groups is 1. The topological polar surface area (TPSA) is 72.7 Å². The minimum absolute atomic E-state index is 0.0449. The quantitative estimate of drug-likeness (QED) is 0.558. The molecule has 6 nitrogen and oxygen atoms in total. The maximum atomic E-state index is 12.5. The second kappa shape index (κ2) is 9.71. The highest BCUT2D eigenvalue weighted by molar-refractivity contribution is 8.00. The molecule has 1 unspecified atom stereocenters. The monoisotopic (exact) mass is 415 g/mol. The zero-order valence-corrected chi connectivity index (χ0v) is 17.4. The molecule has 0 aliphatic heterocycles. The van der Waals surface area contributed by atoms with Crippen molar-refractivity contribution in [3.8, 4) is 11.4 Å². The smallest absolute Gasteiger partial charge is 0.233 e. The highest BCUT2D eigenvalue weighted by Gasteiger charge is 2.20. The summed E-state index contributed by atoms with van der Waals surface area (Å²) in [6.45, 7) is 5.23. The molecule has 1 amide bonds. The van der Waals surface area contributed by atoms with Crippen molar-refractivity contribution in [2.75, 3.05) is 0 Å². The second-order valence-electron chi connectivity index (χ2n) is 6.30. The van der Waals surface area contributed by atoms with Gasteiger partial charge in [0.1, 0.15) is 0 Å². The van der Waals surface area contributed by atoms with Crippen LogP contribution in [-0.4, -0.2) is 30.9 Å². The number of thioether (sulfide) groups is 1. The van der Waals surface area contributed by atoms with Crippen molar-refractivity contribution < 1.29 is 4.79 Å². The van der Waals surface area contributed by atoms with Gasteiger partial charge in [0.15, 0.2) is 11.0 Å². The Morgan fingerprint density at radius 1 is 1.18 bits per heavy atom. The summed E-state index contributed by atoms with van der Waals surface area (Å²) in [5.74, 6) is 0.747. The molecule has 0 aliphatic carbocycles. The van der Waals surface area contributed by atoms with Crippen LogP contribution in [0.15, 0.2) is 53.9 Å². The maximum Gasteiger partial charge on any atom is 0.233 e. The number of rotatable bonds is 8. The van der Waals surface area contributed by atoms with E-state index in [1.54, 1.807) is 12.4 Å². The van der Waals surface area contributed by atoms with Crippen LogP contribution in [0.5, 0.6) is 0 Å². The molecule has 2 aromatic heterocycles. The van der Waals surface area contributed by atoms with E-state index >= 15 is 0 Å². The third-order valence-electron chi connectivity index (χ3n) is 4.13. The van der Waals surface area contributed by atoms with E-state index in [2.05, 4.69) is 32.0 Å². The van der Waals surface area contributed by atoms with Crippen molar-refractivity contribution >= 4 is 29.3 Å². The van der Waals surface area contributed by atoms with Crippen LogP contribution in [0.2, 0.25) is 5.02 Å². The van der Waals surface area contributed by atoms with Gasteiger partial charge in [-0.3, -0.25) is 9.78 Å². The minimum atomic E-state index is -0.294. The number of benzene rings is 1. The molecule has 0 saturated heterocycles. The first-order valence-corrected chi connectivity index (χ1v) is 10.4. The summed E-state index contributed by atoms with van der Waals surface area (Å²) in [5, 5.41) is 12.7. The van der Waals surface area contributed by atoms with Gasteiger partial charge < -0.3 is 9.88 Å². The Balaban J connectivity index is 1.67. The van der Waals surface area contributed by atoms with Crippen molar-refractivity contribution in [3.63, 3.8) is 0 Å². The molecule has 1 N–H and O–H groups in total. The Bertz CT molecular complexity index is 914. The lowest BCUT2D eigenvalue weighted by Gasteiger charge is -2.13. The number of hydrogen-bond donors (Lipinski definition) is 1. The molecule has 1 atom stereocenters. The van der Waals surface area contributed by atoms with Crippen LogP contribution in [0.4, 0.5) is 0 Å². The van der Waals surface area contributed by atoms with E-state index in [9.17, 15) is 4.79 Å². The van der Waals surface area contributed by atoms with Crippen LogP contribution in [0, 0.1) is 0 Å². The molecule has 8 heteroatoms. The van der Waals surface area contributed by atoms with E-state index in [0.717, 1.165) is 35.1 Å². The Morgan fingerprint density at radius 2 is 1.89 bits per heavy atom. The van der Waals surface area contributed by atoms with Gasteiger partial charge in [-0.15, -0.1) is 10.2 Å². The van der Waals surface area contributed by atoms with Crippen molar-refractivity contribution in [3.05, 3.63) is 59.4 Å². The number of carbonyl (C=O) groups excluding carboxylic acids is 1. The minimum Gasteiger partial charge on any atom is -0.351 e. The fourth-order valence-electron chi connectivity index (χ4n) is 2.66. The largest absolute Gasteiger partial charge is 0.351 e. The third kappa shape index (κ3) is 5.11. The van der Waals surface area contributed by atoms with Crippen molar-refractivity contribution in [2.45, 2.75) is 43.8 Å². The van der Waals surface area contributed by atoms with Gasteiger partial charge >= 0.3 is 0 Å². The van der Waals surface area contributed by atoms with Crippen LogP contribution in [-0.2, 0) is 17.9 Å². The van der Waals surface area contributed by atoms with Crippen LogP contribution < -0.4 is 5.32 Å². The lowest BCUT2D eigenvalue weighted by atomic mass is 10.2.